The average Bonchev–Trinajstić information content (AvgIpc) is 3.03. The Hall–Kier alpha value is -3.01. The Labute approximate surface area is 153 Å². The lowest BCUT2D eigenvalue weighted by molar-refractivity contribution is -0.657. The van der Waals surface area contributed by atoms with Crippen LogP contribution in [0.4, 0.5) is 5.95 Å². The topological polar surface area (TPSA) is 54.8 Å². The molecule has 4 aromatic rings. The van der Waals surface area contributed by atoms with Gasteiger partial charge in [0.15, 0.2) is 0 Å². The number of aromatic nitrogens is 2. The summed E-state index contributed by atoms with van der Waals surface area (Å²) in [4.78, 5) is 3.46. The number of hydrogen-bond donors (Lipinski definition) is 2. The van der Waals surface area contributed by atoms with E-state index in [1.807, 2.05) is 36.4 Å². The molecule has 1 heterocycles. The molecule has 4 heteroatoms. The van der Waals surface area contributed by atoms with Crippen LogP contribution in [0.5, 0.6) is 5.75 Å². The van der Waals surface area contributed by atoms with Gasteiger partial charge in [0.2, 0.25) is 0 Å². The molecule has 4 rings (SSSR count). The van der Waals surface area contributed by atoms with Crippen LogP contribution in [0.2, 0.25) is 0 Å². The molecule has 0 aliphatic carbocycles. The van der Waals surface area contributed by atoms with Crippen molar-refractivity contribution in [1.82, 2.24) is 4.98 Å². The van der Waals surface area contributed by atoms with Crippen LogP contribution >= 0.6 is 0 Å². The quantitative estimate of drug-likeness (QED) is 0.517. The van der Waals surface area contributed by atoms with Crippen molar-refractivity contribution in [2.45, 2.75) is 32.9 Å². The number of H-pyrrole nitrogens is 1. The molecule has 0 radical (unpaired) electrons. The highest BCUT2D eigenvalue weighted by Crippen LogP contribution is 2.26. The van der Waals surface area contributed by atoms with Crippen LogP contribution in [0.15, 0.2) is 60.7 Å². The summed E-state index contributed by atoms with van der Waals surface area (Å²) in [5.74, 6) is 1.03. The predicted molar refractivity (Wildman–Crippen MR) is 104 cm³/mol. The van der Waals surface area contributed by atoms with E-state index in [1.54, 1.807) is 6.07 Å². The number of para-hydroxylation sites is 2. The third kappa shape index (κ3) is 2.99. The summed E-state index contributed by atoms with van der Waals surface area (Å²) in [5.41, 5.74) is 3.10. The fourth-order valence-electron chi connectivity index (χ4n) is 3.49. The van der Waals surface area contributed by atoms with Gasteiger partial charge in [0.25, 0.3) is 0 Å². The van der Waals surface area contributed by atoms with E-state index in [4.69, 9.17) is 0 Å². The molecule has 0 aliphatic rings. The van der Waals surface area contributed by atoms with E-state index in [-0.39, 0.29) is 5.75 Å². The zero-order valence-corrected chi connectivity index (χ0v) is 15.0. The van der Waals surface area contributed by atoms with Crippen molar-refractivity contribution in [2.24, 2.45) is 0 Å². The van der Waals surface area contributed by atoms with E-state index >= 15 is 0 Å². The summed E-state index contributed by atoms with van der Waals surface area (Å²) in [7, 11) is 0. The molecule has 0 bridgehead atoms. The summed E-state index contributed by atoms with van der Waals surface area (Å²) in [6.45, 7) is 3.64. The number of nitrogens with one attached hydrogen (secondary N) is 2. The molecule has 0 unspecified atom stereocenters. The van der Waals surface area contributed by atoms with E-state index in [1.165, 1.54) is 5.52 Å². The van der Waals surface area contributed by atoms with Gasteiger partial charge >= 0.3 is 5.95 Å². The molecular weight excluding hydrogens is 322 g/mol. The second-order valence-electron chi connectivity index (χ2n) is 6.61. The van der Waals surface area contributed by atoms with Crippen LogP contribution < -0.4 is 15.0 Å². The van der Waals surface area contributed by atoms with Crippen LogP contribution in [0.1, 0.15) is 25.3 Å². The van der Waals surface area contributed by atoms with Crippen LogP contribution in [0, 0.1) is 0 Å². The molecule has 2 N–H and O–H groups in total. The molecule has 0 fully saturated rings. The van der Waals surface area contributed by atoms with E-state index in [2.05, 4.69) is 40.0 Å². The predicted octanol–water partition coefficient (Wildman–Crippen LogP) is 4.09. The molecule has 26 heavy (non-hydrogen) atoms. The van der Waals surface area contributed by atoms with Crippen molar-refractivity contribution < 1.29 is 9.67 Å². The first-order valence-corrected chi connectivity index (χ1v) is 9.20. The maximum absolute atomic E-state index is 12.4. The summed E-state index contributed by atoms with van der Waals surface area (Å²) < 4.78 is 2.27. The van der Waals surface area contributed by atoms with Gasteiger partial charge in [0, 0.05) is 0 Å². The number of unbranched alkanes of at least 4 members (excludes halogenated alkanes) is 1. The number of fused-ring (bicyclic) bond motifs is 2. The van der Waals surface area contributed by atoms with Gasteiger partial charge in [-0.1, -0.05) is 61.9 Å². The van der Waals surface area contributed by atoms with Gasteiger partial charge < -0.3 is 5.11 Å². The highest BCUT2D eigenvalue weighted by Gasteiger charge is 2.16. The molecule has 0 saturated heterocycles. The average molecular weight is 345 g/mol. The minimum Gasteiger partial charge on any atom is -0.872 e. The van der Waals surface area contributed by atoms with E-state index < -0.39 is 0 Å². The van der Waals surface area contributed by atoms with Crippen molar-refractivity contribution in [3.05, 3.63) is 66.2 Å². The standard InChI is InChI=1S/C22H23N3O/c1-2-3-14-25-20-11-7-6-10-19(20)24-22(25)23-15-18-17-9-5-4-8-16(17)12-13-21(18)26/h4-13H,2-3,14-15H2,1H3,(H2,23,24,26). The van der Waals surface area contributed by atoms with E-state index in [9.17, 15) is 5.11 Å². The largest absolute Gasteiger partial charge is 0.872 e. The zero-order chi connectivity index (χ0) is 17.9. The first-order chi connectivity index (χ1) is 12.8. The first-order valence-electron chi connectivity index (χ1n) is 9.20. The van der Waals surface area contributed by atoms with Crippen LogP contribution in [0.3, 0.4) is 0 Å². The Bertz CT molecular complexity index is 1050. The SMILES string of the molecule is CCCC[n+]1c(NCc2c([O-])ccc3ccccc23)[nH]c2ccccc21. The van der Waals surface area contributed by atoms with Crippen molar-refractivity contribution in [2.75, 3.05) is 5.32 Å². The van der Waals surface area contributed by atoms with Gasteiger partial charge in [0.1, 0.15) is 11.0 Å². The summed E-state index contributed by atoms with van der Waals surface area (Å²) >= 11 is 0. The maximum atomic E-state index is 12.4. The number of anilines is 1. The normalized spacial score (nSPS) is 11.3. The molecule has 0 aliphatic heterocycles. The van der Waals surface area contributed by atoms with Crippen molar-refractivity contribution in [3.63, 3.8) is 0 Å². The number of imidazole rings is 1. The summed E-state index contributed by atoms with van der Waals surface area (Å²) in [5, 5.41) is 18.0. The molecule has 4 nitrogen and oxygen atoms in total. The summed E-state index contributed by atoms with van der Waals surface area (Å²) in [6.07, 6.45) is 2.25. The minimum absolute atomic E-state index is 0.0763. The van der Waals surface area contributed by atoms with E-state index in [0.717, 1.165) is 47.2 Å². The number of benzene rings is 3. The van der Waals surface area contributed by atoms with Crippen LogP contribution in [-0.4, -0.2) is 4.98 Å². The lowest BCUT2D eigenvalue weighted by atomic mass is 10.0. The molecule has 132 valence electrons. The monoisotopic (exact) mass is 345 g/mol. The fourth-order valence-corrected chi connectivity index (χ4v) is 3.49. The molecule has 0 atom stereocenters. The Morgan fingerprint density at radius 1 is 1.00 bits per heavy atom. The Balaban J connectivity index is 1.69. The van der Waals surface area contributed by atoms with Crippen molar-refractivity contribution in [1.29, 1.82) is 0 Å². The van der Waals surface area contributed by atoms with Crippen LogP contribution in [-0.2, 0) is 13.1 Å². The lowest BCUT2D eigenvalue weighted by Crippen LogP contribution is -2.36. The first kappa shape index (κ1) is 16.5. The van der Waals surface area contributed by atoms with Crippen molar-refractivity contribution in [3.8, 4) is 5.75 Å². The smallest absolute Gasteiger partial charge is 0.356 e. The number of nitrogens with zero attached hydrogens (tertiary/aromatic N) is 1. The van der Waals surface area contributed by atoms with Gasteiger partial charge in [-0.05, 0) is 34.9 Å². The number of rotatable bonds is 6. The highest BCUT2D eigenvalue weighted by atomic mass is 16.3. The molecule has 3 aromatic carbocycles. The third-order valence-electron chi connectivity index (χ3n) is 4.88. The van der Waals surface area contributed by atoms with Gasteiger partial charge in [-0.15, -0.1) is 5.75 Å². The number of hydrogen-bond acceptors (Lipinski definition) is 2. The summed E-state index contributed by atoms with van der Waals surface area (Å²) in [6, 6.07) is 19.9. The molecule has 0 amide bonds. The van der Waals surface area contributed by atoms with Crippen LogP contribution in [0.25, 0.3) is 21.8 Å². The molecule has 0 saturated carbocycles. The second-order valence-corrected chi connectivity index (χ2v) is 6.61. The Kier molecular flexibility index (Phi) is 4.48. The van der Waals surface area contributed by atoms with Gasteiger partial charge in [0.05, 0.1) is 13.1 Å². The van der Waals surface area contributed by atoms with Crippen molar-refractivity contribution >= 4 is 27.8 Å². The number of aryl methyl sites for hydroxylation is 1. The molecular formula is C22H23N3O. The number of aromatic amines is 1. The Morgan fingerprint density at radius 3 is 2.69 bits per heavy atom. The Morgan fingerprint density at radius 2 is 1.81 bits per heavy atom. The molecule has 0 spiro atoms. The minimum atomic E-state index is 0.0763. The third-order valence-corrected chi connectivity index (χ3v) is 4.88. The lowest BCUT2D eigenvalue weighted by Gasteiger charge is -2.15. The molecule has 1 aromatic heterocycles. The maximum Gasteiger partial charge on any atom is 0.356 e. The second kappa shape index (κ2) is 7.08. The van der Waals surface area contributed by atoms with Gasteiger partial charge in [-0.25, -0.2) is 9.55 Å². The fraction of sp³-hybridized carbons (Fsp3) is 0.227. The zero-order valence-electron chi connectivity index (χ0n) is 15.0. The highest BCUT2D eigenvalue weighted by molar-refractivity contribution is 5.87. The van der Waals surface area contributed by atoms with Gasteiger partial charge in [-0.2, -0.15) is 0 Å². The van der Waals surface area contributed by atoms with Gasteiger partial charge in [-0.3, -0.25) is 5.32 Å². The van der Waals surface area contributed by atoms with E-state index in [0.29, 0.717) is 6.54 Å².